The molecule has 11 heavy (non-hydrogen) atoms. The van der Waals surface area contributed by atoms with E-state index in [2.05, 4.69) is 15.5 Å². The van der Waals surface area contributed by atoms with Crippen molar-refractivity contribution < 1.29 is 0 Å². The number of hydrogen-bond acceptors (Lipinski definition) is 5. The van der Waals surface area contributed by atoms with Crippen LogP contribution in [0.2, 0.25) is 0 Å². The Labute approximate surface area is 69.3 Å². The normalized spacial score (nSPS) is 10.4. The van der Waals surface area contributed by atoms with E-state index in [1.165, 1.54) is 0 Å². The molecular formula is C5H11N5S. The smallest absolute Gasteiger partial charge is 0.161 e. The van der Waals surface area contributed by atoms with Gasteiger partial charge >= 0.3 is 0 Å². The lowest BCUT2D eigenvalue weighted by atomic mass is 10.6. The van der Waals surface area contributed by atoms with Crippen molar-refractivity contribution in [2.24, 2.45) is 5.73 Å². The molecule has 0 unspecified atom stereocenters. The van der Waals surface area contributed by atoms with Crippen LogP contribution in [0.25, 0.3) is 0 Å². The number of hydrogen-bond donors (Lipinski definition) is 1. The molecule has 0 spiro atoms. The summed E-state index contributed by atoms with van der Waals surface area (Å²) in [6.45, 7) is 1.27. The van der Waals surface area contributed by atoms with E-state index < -0.39 is 0 Å². The van der Waals surface area contributed by atoms with Gasteiger partial charge in [0, 0.05) is 6.54 Å². The molecule has 0 aliphatic carbocycles. The third-order valence-electron chi connectivity index (χ3n) is 1.22. The van der Waals surface area contributed by atoms with Crippen molar-refractivity contribution in [2.75, 3.05) is 12.8 Å². The van der Waals surface area contributed by atoms with Crippen molar-refractivity contribution in [1.29, 1.82) is 0 Å². The van der Waals surface area contributed by atoms with Gasteiger partial charge in [0.15, 0.2) is 5.82 Å². The quantitative estimate of drug-likeness (QED) is 0.664. The van der Waals surface area contributed by atoms with Crippen LogP contribution >= 0.6 is 11.8 Å². The Balaban J connectivity index is 2.62. The highest BCUT2D eigenvalue weighted by Crippen LogP contribution is 2.03. The van der Waals surface area contributed by atoms with Crippen LogP contribution in [-0.2, 0) is 12.3 Å². The van der Waals surface area contributed by atoms with Gasteiger partial charge < -0.3 is 5.73 Å². The van der Waals surface area contributed by atoms with E-state index in [9.17, 15) is 0 Å². The molecule has 0 aliphatic rings. The molecular weight excluding hydrogens is 162 g/mol. The average molecular weight is 173 g/mol. The summed E-state index contributed by atoms with van der Waals surface area (Å²) in [5.41, 5.74) is 5.36. The molecule has 0 saturated heterocycles. The molecule has 0 radical (unpaired) electrons. The van der Waals surface area contributed by atoms with E-state index in [1.54, 1.807) is 16.4 Å². The number of thioether (sulfide) groups is 1. The van der Waals surface area contributed by atoms with Gasteiger partial charge in [-0.3, -0.25) is 0 Å². The summed E-state index contributed by atoms with van der Waals surface area (Å²) in [5.74, 6) is 1.73. The first-order chi connectivity index (χ1) is 5.38. The van der Waals surface area contributed by atoms with Crippen LogP contribution in [0, 0.1) is 0 Å². The van der Waals surface area contributed by atoms with Gasteiger partial charge in [0.25, 0.3) is 0 Å². The van der Waals surface area contributed by atoms with Crippen LogP contribution in [-0.4, -0.2) is 33.0 Å². The minimum absolute atomic E-state index is 0.576. The lowest BCUT2D eigenvalue weighted by Crippen LogP contribution is -2.13. The van der Waals surface area contributed by atoms with Gasteiger partial charge in [0.1, 0.15) is 0 Å². The van der Waals surface area contributed by atoms with Gasteiger partial charge in [-0.2, -0.15) is 11.8 Å². The Morgan fingerprint density at radius 2 is 2.45 bits per heavy atom. The van der Waals surface area contributed by atoms with Crippen molar-refractivity contribution in [2.45, 2.75) is 12.3 Å². The Bertz CT molecular complexity index is 190. The predicted molar refractivity (Wildman–Crippen MR) is 44.1 cm³/mol. The van der Waals surface area contributed by atoms with E-state index in [1.807, 2.05) is 6.26 Å². The molecule has 1 rings (SSSR count). The van der Waals surface area contributed by atoms with Crippen LogP contribution in [0.4, 0.5) is 0 Å². The average Bonchev–Trinajstić information content (AvgIpc) is 2.39. The monoisotopic (exact) mass is 173 g/mol. The zero-order valence-electron chi connectivity index (χ0n) is 6.40. The summed E-state index contributed by atoms with van der Waals surface area (Å²) >= 11 is 1.70. The second-order valence-electron chi connectivity index (χ2n) is 2.04. The van der Waals surface area contributed by atoms with E-state index in [-0.39, 0.29) is 0 Å². The molecule has 1 aromatic rings. The first kappa shape index (κ1) is 8.48. The molecule has 0 aliphatic heterocycles. The number of nitrogens with zero attached hydrogens (tertiary/aromatic N) is 4. The molecule has 62 valence electrons. The predicted octanol–water partition coefficient (Wildman–Crippen LogP) is -0.505. The second kappa shape index (κ2) is 4.30. The molecule has 6 heteroatoms. The van der Waals surface area contributed by atoms with Crippen LogP contribution in [0.5, 0.6) is 0 Å². The minimum Gasteiger partial charge on any atom is -0.329 e. The lowest BCUT2D eigenvalue weighted by molar-refractivity contribution is 0.583. The number of rotatable bonds is 4. The number of nitrogens with two attached hydrogens (primary N) is 1. The van der Waals surface area contributed by atoms with Crippen LogP contribution in [0.3, 0.4) is 0 Å². The third kappa shape index (κ3) is 2.16. The molecule has 0 saturated carbocycles. The van der Waals surface area contributed by atoms with Crippen molar-refractivity contribution >= 4 is 11.8 Å². The Hall–Kier alpha value is -0.620. The molecule has 1 aromatic heterocycles. The molecule has 0 aromatic carbocycles. The van der Waals surface area contributed by atoms with Gasteiger partial charge in [-0.05, 0) is 16.7 Å². The molecule has 5 nitrogen and oxygen atoms in total. The van der Waals surface area contributed by atoms with Crippen molar-refractivity contribution in [3.05, 3.63) is 5.82 Å². The highest BCUT2D eigenvalue weighted by Gasteiger charge is 2.02. The first-order valence-electron chi connectivity index (χ1n) is 3.32. The second-order valence-corrected chi connectivity index (χ2v) is 2.91. The summed E-state index contributed by atoms with van der Waals surface area (Å²) in [6, 6.07) is 0. The molecule has 2 N–H and O–H groups in total. The zero-order valence-corrected chi connectivity index (χ0v) is 7.21. The first-order valence-corrected chi connectivity index (χ1v) is 4.72. The molecule has 1 heterocycles. The molecule has 0 atom stereocenters. The van der Waals surface area contributed by atoms with Crippen LogP contribution in [0.15, 0.2) is 0 Å². The highest BCUT2D eigenvalue weighted by molar-refractivity contribution is 7.97. The summed E-state index contributed by atoms with van der Waals surface area (Å²) < 4.78 is 1.73. The number of aromatic nitrogens is 4. The fourth-order valence-electron chi connectivity index (χ4n) is 0.752. The summed E-state index contributed by atoms with van der Waals surface area (Å²) in [4.78, 5) is 0. The zero-order chi connectivity index (χ0) is 8.10. The van der Waals surface area contributed by atoms with E-state index in [0.29, 0.717) is 13.1 Å². The van der Waals surface area contributed by atoms with E-state index >= 15 is 0 Å². The summed E-state index contributed by atoms with van der Waals surface area (Å²) in [5, 5.41) is 11.2. The summed E-state index contributed by atoms with van der Waals surface area (Å²) in [7, 11) is 0. The number of tetrazole rings is 1. The molecule has 0 bridgehead atoms. The standard InChI is InChI=1S/C5H11N5S/c1-11-4-5-7-8-9-10(5)3-2-6/h2-4,6H2,1H3. The third-order valence-corrected chi connectivity index (χ3v) is 1.77. The maximum atomic E-state index is 5.36. The van der Waals surface area contributed by atoms with Crippen LogP contribution in [0.1, 0.15) is 5.82 Å². The van der Waals surface area contributed by atoms with Gasteiger partial charge in [-0.1, -0.05) is 0 Å². The van der Waals surface area contributed by atoms with Gasteiger partial charge in [-0.25, -0.2) is 4.68 Å². The van der Waals surface area contributed by atoms with Gasteiger partial charge in [0.05, 0.1) is 12.3 Å². The highest BCUT2D eigenvalue weighted by atomic mass is 32.2. The fourth-order valence-corrected chi connectivity index (χ4v) is 1.22. The Kier molecular flexibility index (Phi) is 3.31. The molecule has 0 fully saturated rings. The van der Waals surface area contributed by atoms with Crippen LogP contribution < -0.4 is 5.73 Å². The van der Waals surface area contributed by atoms with E-state index in [0.717, 1.165) is 11.6 Å². The Morgan fingerprint density at radius 3 is 3.09 bits per heavy atom. The maximum absolute atomic E-state index is 5.36. The van der Waals surface area contributed by atoms with Crippen molar-refractivity contribution in [3.8, 4) is 0 Å². The fraction of sp³-hybridized carbons (Fsp3) is 0.800. The molecule has 0 amide bonds. The minimum atomic E-state index is 0.576. The van der Waals surface area contributed by atoms with E-state index in [4.69, 9.17) is 5.73 Å². The summed E-state index contributed by atoms with van der Waals surface area (Å²) in [6.07, 6.45) is 2.02. The van der Waals surface area contributed by atoms with Crippen molar-refractivity contribution in [1.82, 2.24) is 20.2 Å². The van der Waals surface area contributed by atoms with Gasteiger partial charge in [0.2, 0.25) is 0 Å². The maximum Gasteiger partial charge on any atom is 0.161 e. The lowest BCUT2D eigenvalue weighted by Gasteiger charge is -1.99. The Morgan fingerprint density at radius 1 is 1.64 bits per heavy atom. The van der Waals surface area contributed by atoms with Crippen molar-refractivity contribution in [3.63, 3.8) is 0 Å². The SMILES string of the molecule is CSCc1nnnn1CCN. The topological polar surface area (TPSA) is 69.6 Å². The largest absolute Gasteiger partial charge is 0.329 e. The van der Waals surface area contributed by atoms with Gasteiger partial charge in [-0.15, -0.1) is 5.10 Å².